The van der Waals surface area contributed by atoms with E-state index in [1.165, 1.54) is 11.3 Å². The second-order valence-electron chi connectivity index (χ2n) is 8.42. The van der Waals surface area contributed by atoms with E-state index in [1.807, 2.05) is 43.6 Å². The molecule has 0 radical (unpaired) electrons. The number of carbonyl (C=O) groups is 1. The number of ether oxygens (including phenoxy) is 1. The maximum atomic E-state index is 11.4. The summed E-state index contributed by atoms with van der Waals surface area (Å²) >= 11 is 0. The molecule has 5 rings (SSSR count). The fourth-order valence-electron chi connectivity index (χ4n) is 4.05. The third kappa shape index (κ3) is 5.20. The number of hydrogen-bond donors (Lipinski definition) is 3. The smallest absolute Gasteiger partial charge is 0.257 e. The highest BCUT2D eigenvalue weighted by molar-refractivity contribution is 5.77. The molecule has 182 valence electrons. The third-order valence-corrected chi connectivity index (χ3v) is 5.92. The molecule has 0 saturated heterocycles. The van der Waals surface area contributed by atoms with Gasteiger partial charge in [0.15, 0.2) is 6.61 Å². The van der Waals surface area contributed by atoms with Crippen molar-refractivity contribution in [3.8, 4) is 5.75 Å². The number of rotatable bonds is 8. The zero-order chi connectivity index (χ0) is 24.9. The van der Waals surface area contributed by atoms with Gasteiger partial charge in [0.2, 0.25) is 5.95 Å². The van der Waals surface area contributed by atoms with Crippen LogP contribution in [0.3, 0.4) is 0 Å². The summed E-state index contributed by atoms with van der Waals surface area (Å²) in [4.78, 5) is 27.0. The number of likely N-dealkylation sites (N-methyl/N-ethyl adjacent to an activating group) is 1. The third-order valence-electron chi connectivity index (χ3n) is 5.92. The second kappa shape index (κ2) is 10.3. The van der Waals surface area contributed by atoms with Crippen molar-refractivity contribution in [1.29, 1.82) is 0 Å². The molecule has 0 saturated carbocycles. The Kier molecular flexibility index (Phi) is 6.61. The van der Waals surface area contributed by atoms with Crippen molar-refractivity contribution in [3.63, 3.8) is 0 Å². The van der Waals surface area contributed by atoms with Gasteiger partial charge in [-0.05, 0) is 61.4 Å². The Morgan fingerprint density at radius 2 is 1.89 bits per heavy atom. The number of nitrogens with zero attached hydrogens (tertiary/aromatic N) is 4. The Morgan fingerprint density at radius 1 is 1.06 bits per heavy atom. The number of nitrogens with one attached hydrogen (secondary N) is 3. The molecule has 0 aliphatic carbocycles. The maximum absolute atomic E-state index is 11.4. The first kappa shape index (κ1) is 23.1. The second-order valence-corrected chi connectivity index (χ2v) is 8.42. The van der Waals surface area contributed by atoms with Crippen molar-refractivity contribution >= 4 is 40.4 Å². The van der Waals surface area contributed by atoms with Crippen LogP contribution in [-0.4, -0.2) is 41.1 Å². The summed E-state index contributed by atoms with van der Waals surface area (Å²) in [6.07, 6.45) is 6.39. The average Bonchev–Trinajstić information content (AvgIpc) is 3.33. The summed E-state index contributed by atoms with van der Waals surface area (Å²) in [6, 6.07) is 17.8. The Balaban J connectivity index is 1.30. The highest BCUT2D eigenvalue weighted by Gasteiger charge is 2.20. The van der Waals surface area contributed by atoms with Gasteiger partial charge < -0.3 is 25.6 Å². The van der Waals surface area contributed by atoms with Crippen LogP contribution in [0.2, 0.25) is 0 Å². The molecular formula is C27H27N7O2. The van der Waals surface area contributed by atoms with E-state index in [-0.39, 0.29) is 12.5 Å². The molecule has 1 amide bonds. The lowest BCUT2D eigenvalue weighted by Gasteiger charge is -2.19. The van der Waals surface area contributed by atoms with E-state index in [1.54, 1.807) is 25.4 Å². The Hall–Kier alpha value is -4.66. The van der Waals surface area contributed by atoms with E-state index in [0.29, 0.717) is 11.7 Å². The zero-order valence-corrected chi connectivity index (χ0v) is 20.2. The number of fused-ring (bicyclic) bond motifs is 1. The molecule has 9 nitrogen and oxygen atoms in total. The van der Waals surface area contributed by atoms with E-state index >= 15 is 0 Å². The lowest BCUT2D eigenvalue weighted by Crippen LogP contribution is -2.24. The van der Waals surface area contributed by atoms with Crippen LogP contribution in [0.4, 0.5) is 34.5 Å². The van der Waals surface area contributed by atoms with Gasteiger partial charge in [0.05, 0.1) is 0 Å². The normalized spacial score (nSPS) is 12.1. The average molecular weight is 482 g/mol. The highest BCUT2D eigenvalue weighted by Crippen LogP contribution is 2.36. The summed E-state index contributed by atoms with van der Waals surface area (Å²) in [5, 5.41) is 9.19. The molecule has 0 atom stereocenters. The van der Waals surface area contributed by atoms with Gasteiger partial charge in [-0.25, -0.2) is 4.98 Å². The Bertz CT molecular complexity index is 1380. The minimum atomic E-state index is -0.192. The quantitative estimate of drug-likeness (QED) is 0.338. The van der Waals surface area contributed by atoms with Crippen LogP contribution in [0, 0.1) is 6.92 Å². The molecule has 9 heteroatoms. The standard InChI is InChI=1S/C27H27N7O2/c1-18-16-30-27(32-20-4-3-5-23(15-20)36-17-25(35)28-2)33-26(18)31-21-6-7-24-19(14-21)10-13-34(24)22-8-11-29-12-9-22/h3-9,11-12,14-16H,10,13,17H2,1-2H3,(H,28,35)(H2,30,31,32,33). The van der Waals surface area contributed by atoms with Crippen molar-refractivity contribution in [2.24, 2.45) is 0 Å². The van der Waals surface area contributed by atoms with Gasteiger partial charge in [0.25, 0.3) is 5.91 Å². The lowest BCUT2D eigenvalue weighted by molar-refractivity contribution is -0.122. The van der Waals surface area contributed by atoms with Crippen molar-refractivity contribution in [1.82, 2.24) is 20.3 Å². The van der Waals surface area contributed by atoms with E-state index in [2.05, 4.69) is 54.0 Å². The van der Waals surface area contributed by atoms with Crippen LogP contribution in [-0.2, 0) is 11.2 Å². The summed E-state index contributed by atoms with van der Waals surface area (Å²) in [6.45, 7) is 2.86. The molecule has 0 unspecified atom stereocenters. The number of amides is 1. The number of aromatic nitrogens is 3. The van der Waals surface area contributed by atoms with Crippen molar-refractivity contribution in [3.05, 3.63) is 84.3 Å². The number of anilines is 6. The first-order valence-corrected chi connectivity index (χ1v) is 11.7. The highest BCUT2D eigenvalue weighted by atomic mass is 16.5. The number of pyridine rings is 1. The molecule has 1 aliphatic heterocycles. The first-order valence-electron chi connectivity index (χ1n) is 11.7. The molecule has 2 aromatic heterocycles. The van der Waals surface area contributed by atoms with E-state index in [4.69, 9.17) is 4.74 Å². The molecule has 4 aromatic rings. The molecular weight excluding hydrogens is 454 g/mol. The fraction of sp³-hybridized carbons (Fsp3) is 0.185. The Morgan fingerprint density at radius 3 is 2.72 bits per heavy atom. The zero-order valence-electron chi connectivity index (χ0n) is 20.2. The van der Waals surface area contributed by atoms with Crippen LogP contribution in [0.5, 0.6) is 5.75 Å². The fourth-order valence-corrected chi connectivity index (χ4v) is 4.05. The van der Waals surface area contributed by atoms with Crippen LogP contribution < -0.4 is 25.6 Å². The summed E-state index contributed by atoms with van der Waals surface area (Å²) in [7, 11) is 1.57. The van der Waals surface area contributed by atoms with Gasteiger partial charge in [-0.15, -0.1) is 0 Å². The van der Waals surface area contributed by atoms with Crippen molar-refractivity contribution < 1.29 is 9.53 Å². The van der Waals surface area contributed by atoms with Crippen molar-refractivity contribution in [2.75, 3.05) is 35.7 Å². The molecule has 1 aliphatic rings. The predicted molar refractivity (Wildman–Crippen MR) is 141 cm³/mol. The number of aryl methyl sites for hydroxylation is 1. The molecule has 36 heavy (non-hydrogen) atoms. The summed E-state index contributed by atoms with van der Waals surface area (Å²) < 4.78 is 5.52. The first-order chi connectivity index (χ1) is 17.6. The minimum Gasteiger partial charge on any atom is -0.484 e. The van der Waals surface area contributed by atoms with Gasteiger partial charge >= 0.3 is 0 Å². The molecule has 3 heterocycles. The van der Waals surface area contributed by atoms with Gasteiger partial charge in [-0.2, -0.15) is 4.98 Å². The van der Waals surface area contributed by atoms with Gasteiger partial charge in [-0.1, -0.05) is 6.07 Å². The molecule has 0 bridgehead atoms. The van der Waals surface area contributed by atoms with Crippen LogP contribution in [0.1, 0.15) is 11.1 Å². The van der Waals surface area contributed by atoms with Gasteiger partial charge in [-0.3, -0.25) is 9.78 Å². The van der Waals surface area contributed by atoms with Crippen molar-refractivity contribution in [2.45, 2.75) is 13.3 Å². The van der Waals surface area contributed by atoms with E-state index in [0.717, 1.165) is 41.4 Å². The summed E-state index contributed by atoms with van der Waals surface area (Å²) in [5.74, 6) is 1.57. The molecule has 3 N–H and O–H groups in total. The lowest BCUT2D eigenvalue weighted by atomic mass is 10.1. The Labute approximate surface area is 209 Å². The SMILES string of the molecule is CNC(=O)COc1cccc(Nc2ncc(C)c(Nc3ccc4c(c3)CCN4c3ccncc3)n2)c1. The molecule has 0 fully saturated rings. The molecule has 0 spiro atoms. The predicted octanol–water partition coefficient (Wildman–Crippen LogP) is 4.49. The van der Waals surface area contributed by atoms with Gasteiger partial charge in [0.1, 0.15) is 11.6 Å². The number of hydrogen-bond acceptors (Lipinski definition) is 8. The minimum absolute atomic E-state index is 0.0455. The van der Waals surface area contributed by atoms with Crippen LogP contribution in [0.15, 0.2) is 73.2 Å². The maximum Gasteiger partial charge on any atom is 0.257 e. The summed E-state index contributed by atoms with van der Waals surface area (Å²) in [5.41, 5.74) is 6.31. The topological polar surface area (TPSA) is 104 Å². The monoisotopic (exact) mass is 481 g/mol. The van der Waals surface area contributed by atoms with Gasteiger partial charge in [0, 0.05) is 66.6 Å². The van der Waals surface area contributed by atoms with E-state index < -0.39 is 0 Å². The molecule has 2 aromatic carbocycles. The number of carbonyl (C=O) groups excluding carboxylic acids is 1. The van der Waals surface area contributed by atoms with Crippen LogP contribution >= 0.6 is 0 Å². The largest absolute Gasteiger partial charge is 0.484 e. The van der Waals surface area contributed by atoms with E-state index in [9.17, 15) is 4.79 Å². The van der Waals surface area contributed by atoms with Crippen LogP contribution in [0.25, 0.3) is 0 Å². The number of benzene rings is 2.